The lowest BCUT2D eigenvalue weighted by atomic mass is 9.35. The fraction of sp³-hybridized carbons (Fsp3) is 0.433. The minimum atomic E-state index is -0.894. The molecule has 0 N–H and O–H groups in total. The second-order valence-corrected chi connectivity index (χ2v) is 18.4. The van der Waals surface area contributed by atoms with Gasteiger partial charge in [-0.05, 0) is 69.4 Å². The first kappa shape index (κ1) is 28.8. The molecule has 3 rings (SSSR count). The van der Waals surface area contributed by atoms with Crippen LogP contribution in [-0.2, 0) is 10.4 Å². The Morgan fingerprint density at radius 1 is 0.639 bits per heavy atom. The van der Waals surface area contributed by atoms with Crippen molar-refractivity contribution in [2.75, 3.05) is 18.8 Å². The molecular formula is C30H45B4NS. The van der Waals surface area contributed by atoms with Crippen LogP contribution in [0, 0.1) is 10.8 Å². The van der Waals surface area contributed by atoms with Gasteiger partial charge in [0.15, 0.2) is 0 Å². The number of pyridine rings is 1. The summed E-state index contributed by atoms with van der Waals surface area (Å²) in [5.41, 5.74) is 7.82. The Kier molecular flexibility index (Phi) is 7.59. The van der Waals surface area contributed by atoms with E-state index in [0.717, 1.165) is 5.69 Å². The molecule has 0 aliphatic heterocycles. The maximum Gasteiger partial charge on any atom is 0.105 e. The highest BCUT2D eigenvalue weighted by atomic mass is 32.3. The van der Waals surface area contributed by atoms with Gasteiger partial charge in [-0.15, -0.1) is 0 Å². The molecule has 1 nitrogen and oxygen atoms in total. The smallest absolute Gasteiger partial charge is 0.105 e. The van der Waals surface area contributed by atoms with Crippen LogP contribution in [0.4, 0.5) is 0 Å². The SMILES string of the molecule is BC(B)(c1cnc(-c2ccc(S(C)(C)C)c(-c3ccccc3)c2)cc1C(B)(B)C(C)(C)C)C(C)(C)C. The van der Waals surface area contributed by atoms with Gasteiger partial charge in [-0.3, -0.25) is 4.98 Å². The Morgan fingerprint density at radius 3 is 1.67 bits per heavy atom. The molecule has 0 unspecified atom stereocenters. The topological polar surface area (TPSA) is 12.9 Å². The molecule has 0 radical (unpaired) electrons. The lowest BCUT2D eigenvalue weighted by Gasteiger charge is -2.47. The number of hydrogen-bond acceptors (Lipinski definition) is 1. The fourth-order valence-electron chi connectivity index (χ4n) is 4.50. The summed E-state index contributed by atoms with van der Waals surface area (Å²) in [4.78, 5) is 6.56. The van der Waals surface area contributed by atoms with Crippen molar-refractivity contribution in [2.45, 2.75) is 56.9 Å². The molecule has 0 aliphatic carbocycles. The minimum absolute atomic E-state index is 0.0228. The van der Waals surface area contributed by atoms with Crippen molar-refractivity contribution in [3.63, 3.8) is 0 Å². The lowest BCUT2D eigenvalue weighted by Crippen LogP contribution is -2.47. The van der Waals surface area contributed by atoms with Crippen molar-refractivity contribution in [3.8, 4) is 22.4 Å². The molecule has 6 heteroatoms. The monoisotopic (exact) mass is 495 g/mol. The van der Waals surface area contributed by atoms with Crippen LogP contribution in [0.3, 0.4) is 0 Å². The summed E-state index contributed by atoms with van der Waals surface area (Å²) in [6.45, 7) is 14.1. The van der Waals surface area contributed by atoms with Crippen molar-refractivity contribution < 1.29 is 0 Å². The second kappa shape index (κ2) is 9.50. The highest BCUT2D eigenvalue weighted by molar-refractivity contribution is 8.32. The predicted molar refractivity (Wildman–Crippen MR) is 175 cm³/mol. The van der Waals surface area contributed by atoms with Crippen molar-refractivity contribution >= 4 is 41.4 Å². The number of hydrogen-bond donors (Lipinski definition) is 0. The van der Waals surface area contributed by atoms with Crippen LogP contribution in [0.5, 0.6) is 0 Å². The number of benzene rings is 2. The normalized spacial score (nSPS) is 14.0. The molecule has 3 aromatic rings. The average Bonchev–Trinajstić information content (AvgIpc) is 2.76. The summed E-state index contributed by atoms with van der Waals surface area (Å²) in [7, 11) is 8.65. The largest absolute Gasteiger partial charge is 0.256 e. The summed E-state index contributed by atoms with van der Waals surface area (Å²) < 4.78 is 0. The Bertz CT molecular complexity index is 1230. The van der Waals surface area contributed by atoms with Gasteiger partial charge in [-0.25, -0.2) is 10.0 Å². The molecular weight excluding hydrogens is 450 g/mol. The van der Waals surface area contributed by atoms with Crippen LogP contribution in [-0.4, -0.2) is 55.1 Å². The van der Waals surface area contributed by atoms with E-state index in [2.05, 4.69) is 152 Å². The zero-order valence-corrected chi connectivity index (χ0v) is 25.9. The first-order valence-electron chi connectivity index (χ1n) is 13.2. The molecule has 0 aliphatic rings. The molecule has 1 heterocycles. The third kappa shape index (κ3) is 5.40. The van der Waals surface area contributed by atoms with Gasteiger partial charge >= 0.3 is 0 Å². The molecule has 36 heavy (non-hydrogen) atoms. The Balaban J connectivity index is 2.31. The highest BCUT2D eigenvalue weighted by Gasteiger charge is 2.42. The molecule has 0 saturated carbocycles. The summed E-state index contributed by atoms with van der Waals surface area (Å²) in [6.07, 6.45) is 9.30. The average molecular weight is 495 g/mol. The van der Waals surface area contributed by atoms with E-state index in [1.54, 1.807) is 0 Å². The van der Waals surface area contributed by atoms with Gasteiger partial charge in [0, 0.05) is 11.8 Å². The molecule has 0 bridgehead atoms. The van der Waals surface area contributed by atoms with Crippen LogP contribution >= 0.6 is 10.0 Å². The van der Waals surface area contributed by atoms with E-state index in [-0.39, 0.29) is 21.3 Å². The van der Waals surface area contributed by atoms with E-state index >= 15 is 0 Å². The van der Waals surface area contributed by atoms with Gasteiger partial charge in [0.05, 0.1) is 5.69 Å². The summed E-state index contributed by atoms with van der Waals surface area (Å²) in [5, 5.41) is -0.0503. The van der Waals surface area contributed by atoms with E-state index < -0.39 is 10.0 Å². The van der Waals surface area contributed by atoms with Crippen LogP contribution < -0.4 is 0 Å². The third-order valence-electron chi connectivity index (χ3n) is 9.02. The fourth-order valence-corrected chi connectivity index (χ4v) is 5.82. The maximum absolute atomic E-state index is 5.12. The van der Waals surface area contributed by atoms with Crippen LogP contribution in [0.2, 0.25) is 0 Å². The zero-order valence-electron chi connectivity index (χ0n) is 25.1. The Labute approximate surface area is 226 Å². The van der Waals surface area contributed by atoms with E-state index in [4.69, 9.17) is 4.98 Å². The molecule has 0 spiro atoms. The number of nitrogens with zero attached hydrogens (tertiary/aromatic N) is 1. The molecule has 0 atom stereocenters. The van der Waals surface area contributed by atoms with E-state index in [0.29, 0.717) is 0 Å². The first-order valence-corrected chi connectivity index (χ1v) is 16.0. The first-order chi connectivity index (χ1) is 16.3. The van der Waals surface area contributed by atoms with Crippen molar-refractivity contribution in [1.29, 1.82) is 0 Å². The van der Waals surface area contributed by atoms with Gasteiger partial charge in [0.1, 0.15) is 31.4 Å². The predicted octanol–water partition coefficient (Wildman–Crippen LogP) is 4.40. The van der Waals surface area contributed by atoms with Gasteiger partial charge < -0.3 is 0 Å². The van der Waals surface area contributed by atoms with Gasteiger partial charge in [0.25, 0.3) is 0 Å². The standard InChI is InChI=1S/C30H45B4NS/c1-27(2,3)29(31,32)23-18-25(35-19-24(23)30(33,34)28(4,5)6)21-15-16-26(36(7,8)9)22(17-21)20-13-11-10-12-14-20/h10-19H,31-34H2,1-9H3. The number of rotatable bonds is 5. The summed E-state index contributed by atoms with van der Waals surface area (Å²) in [6, 6.07) is 20.2. The quantitative estimate of drug-likeness (QED) is 0.479. The molecule has 0 fully saturated rings. The molecule has 1 aromatic heterocycles. The summed E-state index contributed by atoms with van der Waals surface area (Å²) >= 11 is 0. The van der Waals surface area contributed by atoms with Crippen LogP contribution in [0.15, 0.2) is 65.7 Å². The van der Waals surface area contributed by atoms with Gasteiger partial charge in [-0.2, -0.15) is 0 Å². The van der Waals surface area contributed by atoms with Crippen LogP contribution in [0.1, 0.15) is 52.7 Å². The molecule has 188 valence electrons. The Morgan fingerprint density at radius 2 is 1.17 bits per heavy atom. The minimum Gasteiger partial charge on any atom is -0.256 e. The van der Waals surface area contributed by atoms with Crippen molar-refractivity contribution in [2.24, 2.45) is 10.8 Å². The van der Waals surface area contributed by atoms with Crippen LogP contribution in [0.25, 0.3) is 22.4 Å². The van der Waals surface area contributed by atoms with Gasteiger partial charge in [-0.1, -0.05) is 93.9 Å². The molecule has 0 amide bonds. The zero-order chi connectivity index (χ0) is 27.3. The summed E-state index contributed by atoms with van der Waals surface area (Å²) in [5.74, 6) is 0. The second-order valence-electron chi connectivity index (χ2n) is 14.3. The lowest BCUT2D eigenvalue weighted by molar-refractivity contribution is 0.335. The van der Waals surface area contributed by atoms with E-state index in [1.807, 2.05) is 0 Å². The van der Waals surface area contributed by atoms with Crippen molar-refractivity contribution in [3.05, 3.63) is 71.9 Å². The molecule has 2 aromatic carbocycles. The highest BCUT2D eigenvalue weighted by Crippen LogP contribution is 2.51. The number of aromatic nitrogens is 1. The molecule has 0 saturated heterocycles. The van der Waals surface area contributed by atoms with E-state index in [9.17, 15) is 0 Å². The Hall–Kier alpha value is -1.80. The van der Waals surface area contributed by atoms with E-state index in [1.165, 1.54) is 32.7 Å². The maximum atomic E-state index is 5.12. The third-order valence-corrected chi connectivity index (χ3v) is 10.7. The van der Waals surface area contributed by atoms with Crippen molar-refractivity contribution in [1.82, 2.24) is 4.98 Å². The van der Waals surface area contributed by atoms with Gasteiger partial charge in [0.2, 0.25) is 0 Å².